The van der Waals surface area contributed by atoms with Gasteiger partial charge in [-0.05, 0) is 19.9 Å². The summed E-state index contributed by atoms with van der Waals surface area (Å²) in [5.74, 6) is -0.0364. The highest BCUT2D eigenvalue weighted by atomic mass is 16.5. The maximum absolute atomic E-state index is 11.2. The summed E-state index contributed by atoms with van der Waals surface area (Å²) in [5, 5.41) is 0. The van der Waals surface area contributed by atoms with E-state index in [2.05, 4.69) is 11.8 Å². The summed E-state index contributed by atoms with van der Waals surface area (Å²) < 4.78 is 4.70. The van der Waals surface area contributed by atoms with E-state index in [9.17, 15) is 4.79 Å². The molecule has 2 N–H and O–H groups in total. The predicted molar refractivity (Wildman–Crippen MR) is 50.2 cm³/mol. The van der Waals surface area contributed by atoms with Crippen molar-refractivity contribution in [2.24, 2.45) is 11.7 Å². The monoisotopic (exact) mass is 186 g/mol. The van der Waals surface area contributed by atoms with Crippen LogP contribution in [-0.4, -0.2) is 43.7 Å². The van der Waals surface area contributed by atoms with E-state index in [1.807, 2.05) is 0 Å². The number of hydrogen-bond acceptors (Lipinski definition) is 4. The normalized spacial score (nSPS) is 25.9. The van der Waals surface area contributed by atoms with Crippen molar-refractivity contribution in [1.29, 1.82) is 0 Å². The number of carbonyl (C=O) groups excluding carboxylic acids is 1. The Labute approximate surface area is 79.0 Å². The Kier molecular flexibility index (Phi) is 3.69. The molecule has 2 unspecified atom stereocenters. The Morgan fingerprint density at radius 1 is 1.77 bits per heavy atom. The number of methoxy groups -OCH3 is 1. The third-order valence-electron chi connectivity index (χ3n) is 2.72. The van der Waals surface area contributed by atoms with Crippen molar-refractivity contribution < 1.29 is 9.53 Å². The molecule has 13 heavy (non-hydrogen) atoms. The molecule has 2 atom stereocenters. The second-order valence-corrected chi connectivity index (χ2v) is 3.59. The average molecular weight is 186 g/mol. The molecule has 1 aliphatic heterocycles. The molecular formula is C9H18N2O2. The topological polar surface area (TPSA) is 55.6 Å². The number of hydrogen-bond donors (Lipinski definition) is 1. The minimum absolute atomic E-state index is 0.0546. The van der Waals surface area contributed by atoms with Gasteiger partial charge in [0, 0.05) is 19.1 Å². The van der Waals surface area contributed by atoms with Crippen LogP contribution in [-0.2, 0) is 9.53 Å². The van der Waals surface area contributed by atoms with E-state index in [4.69, 9.17) is 10.5 Å². The van der Waals surface area contributed by atoms with Crippen molar-refractivity contribution in [3.8, 4) is 0 Å². The number of esters is 1. The van der Waals surface area contributed by atoms with Crippen LogP contribution < -0.4 is 5.73 Å². The number of likely N-dealkylation sites (tertiary alicyclic amines) is 1. The second-order valence-electron chi connectivity index (χ2n) is 3.59. The van der Waals surface area contributed by atoms with Crippen LogP contribution >= 0.6 is 0 Å². The van der Waals surface area contributed by atoms with Gasteiger partial charge in [0.2, 0.25) is 0 Å². The molecule has 0 amide bonds. The minimum Gasteiger partial charge on any atom is -0.469 e. The van der Waals surface area contributed by atoms with Crippen molar-refractivity contribution in [3.05, 3.63) is 0 Å². The maximum Gasteiger partial charge on any atom is 0.310 e. The molecule has 0 saturated carbocycles. The second kappa shape index (κ2) is 4.58. The van der Waals surface area contributed by atoms with Gasteiger partial charge in [0.05, 0.1) is 13.0 Å². The molecule has 76 valence electrons. The van der Waals surface area contributed by atoms with Crippen LogP contribution in [0, 0.1) is 5.92 Å². The molecule has 1 fully saturated rings. The van der Waals surface area contributed by atoms with E-state index in [-0.39, 0.29) is 11.9 Å². The Balaban J connectivity index is 2.40. The highest BCUT2D eigenvalue weighted by Gasteiger charge is 2.30. The van der Waals surface area contributed by atoms with Crippen molar-refractivity contribution in [3.63, 3.8) is 0 Å². The molecule has 0 aromatic carbocycles. The smallest absolute Gasteiger partial charge is 0.310 e. The van der Waals surface area contributed by atoms with Crippen molar-refractivity contribution >= 4 is 5.97 Å². The van der Waals surface area contributed by atoms with Gasteiger partial charge in [-0.25, -0.2) is 0 Å². The maximum atomic E-state index is 11.2. The molecule has 0 aromatic rings. The number of carbonyl (C=O) groups is 1. The molecule has 1 heterocycles. The molecule has 4 heteroatoms. The highest BCUT2D eigenvalue weighted by molar-refractivity contribution is 5.72. The van der Waals surface area contributed by atoms with E-state index in [1.165, 1.54) is 7.11 Å². The van der Waals surface area contributed by atoms with Gasteiger partial charge >= 0.3 is 5.97 Å². The van der Waals surface area contributed by atoms with E-state index in [0.29, 0.717) is 12.6 Å². The van der Waals surface area contributed by atoms with E-state index < -0.39 is 0 Å². The summed E-state index contributed by atoms with van der Waals surface area (Å²) in [6, 6.07) is 0.370. The summed E-state index contributed by atoms with van der Waals surface area (Å²) in [7, 11) is 1.44. The Hall–Kier alpha value is -0.610. The van der Waals surface area contributed by atoms with Gasteiger partial charge in [0.1, 0.15) is 0 Å². The Bertz CT molecular complexity index is 184. The number of ether oxygens (including phenoxy) is 1. The van der Waals surface area contributed by atoms with Crippen LogP contribution in [0.3, 0.4) is 0 Å². The predicted octanol–water partition coefficient (Wildman–Crippen LogP) is -0.171. The molecule has 1 rings (SSSR count). The summed E-state index contributed by atoms with van der Waals surface area (Å²) in [6.07, 6.45) is 0.900. The largest absolute Gasteiger partial charge is 0.469 e. The van der Waals surface area contributed by atoms with Crippen LogP contribution in [0.1, 0.15) is 13.3 Å². The standard InChI is InChI=1S/C9H18N2O2/c1-7(5-10)11-4-3-8(6-11)9(12)13-2/h7-8H,3-6,10H2,1-2H3. The number of nitrogens with zero attached hydrogens (tertiary/aromatic N) is 1. The van der Waals surface area contributed by atoms with Crippen molar-refractivity contribution in [1.82, 2.24) is 4.90 Å². The highest BCUT2D eigenvalue weighted by Crippen LogP contribution is 2.19. The Morgan fingerprint density at radius 3 is 3.00 bits per heavy atom. The fraction of sp³-hybridized carbons (Fsp3) is 0.889. The fourth-order valence-electron chi connectivity index (χ4n) is 1.70. The van der Waals surface area contributed by atoms with Gasteiger partial charge in [-0.15, -0.1) is 0 Å². The molecule has 0 radical (unpaired) electrons. The first-order valence-electron chi connectivity index (χ1n) is 4.71. The molecule has 0 aromatic heterocycles. The van der Waals surface area contributed by atoms with Gasteiger partial charge in [0.15, 0.2) is 0 Å². The summed E-state index contributed by atoms with van der Waals surface area (Å²) in [6.45, 7) is 4.48. The van der Waals surface area contributed by atoms with E-state index in [1.54, 1.807) is 0 Å². The average Bonchev–Trinajstić information content (AvgIpc) is 2.64. The van der Waals surface area contributed by atoms with E-state index >= 15 is 0 Å². The quantitative estimate of drug-likeness (QED) is 0.622. The lowest BCUT2D eigenvalue weighted by Crippen LogP contribution is -2.37. The summed E-state index contributed by atoms with van der Waals surface area (Å²) in [4.78, 5) is 13.4. The lowest BCUT2D eigenvalue weighted by Gasteiger charge is -2.22. The number of nitrogens with two attached hydrogens (primary N) is 1. The van der Waals surface area contributed by atoms with Gasteiger partial charge < -0.3 is 10.5 Å². The molecule has 0 spiro atoms. The lowest BCUT2D eigenvalue weighted by atomic mass is 10.1. The third-order valence-corrected chi connectivity index (χ3v) is 2.72. The zero-order valence-corrected chi connectivity index (χ0v) is 8.32. The molecular weight excluding hydrogens is 168 g/mol. The molecule has 1 aliphatic rings. The number of rotatable bonds is 3. The van der Waals surface area contributed by atoms with Crippen molar-refractivity contribution in [2.75, 3.05) is 26.7 Å². The van der Waals surface area contributed by atoms with Gasteiger partial charge in [-0.3, -0.25) is 9.69 Å². The zero-order valence-electron chi connectivity index (χ0n) is 8.32. The molecule has 0 bridgehead atoms. The first-order chi connectivity index (χ1) is 6.19. The SMILES string of the molecule is COC(=O)C1CCN(C(C)CN)C1. The minimum atomic E-state index is -0.0910. The first-order valence-corrected chi connectivity index (χ1v) is 4.71. The zero-order chi connectivity index (χ0) is 9.84. The van der Waals surface area contributed by atoms with Crippen LogP contribution in [0.2, 0.25) is 0 Å². The van der Waals surface area contributed by atoms with Crippen LogP contribution in [0.15, 0.2) is 0 Å². The molecule has 4 nitrogen and oxygen atoms in total. The van der Waals surface area contributed by atoms with E-state index in [0.717, 1.165) is 19.5 Å². The summed E-state index contributed by atoms with van der Waals surface area (Å²) in [5.41, 5.74) is 5.55. The third kappa shape index (κ3) is 2.42. The summed E-state index contributed by atoms with van der Waals surface area (Å²) >= 11 is 0. The fourth-order valence-corrected chi connectivity index (χ4v) is 1.70. The van der Waals surface area contributed by atoms with Crippen LogP contribution in [0.5, 0.6) is 0 Å². The van der Waals surface area contributed by atoms with Gasteiger partial charge in [-0.1, -0.05) is 0 Å². The van der Waals surface area contributed by atoms with Gasteiger partial charge in [0.25, 0.3) is 0 Å². The van der Waals surface area contributed by atoms with Crippen molar-refractivity contribution in [2.45, 2.75) is 19.4 Å². The first kappa shape index (κ1) is 10.5. The van der Waals surface area contributed by atoms with Gasteiger partial charge in [-0.2, -0.15) is 0 Å². The van der Waals surface area contributed by atoms with Crippen LogP contribution in [0.25, 0.3) is 0 Å². The Morgan fingerprint density at radius 2 is 2.46 bits per heavy atom. The molecule has 0 aliphatic carbocycles. The van der Waals surface area contributed by atoms with Crippen LogP contribution in [0.4, 0.5) is 0 Å². The lowest BCUT2D eigenvalue weighted by molar-refractivity contribution is -0.144. The molecule has 1 saturated heterocycles.